The van der Waals surface area contributed by atoms with Crippen molar-refractivity contribution in [3.05, 3.63) is 68.9 Å². The first kappa shape index (κ1) is 16.4. The van der Waals surface area contributed by atoms with Gasteiger partial charge in [0, 0.05) is 34.2 Å². The normalized spacial score (nSPS) is 12.7. The monoisotopic (exact) mass is 370 g/mol. The molecule has 1 atom stereocenters. The van der Waals surface area contributed by atoms with Crippen molar-refractivity contribution < 1.29 is 4.39 Å². The van der Waals surface area contributed by atoms with Crippen LogP contribution in [0.3, 0.4) is 0 Å². The molecule has 21 heavy (non-hydrogen) atoms. The number of rotatable bonds is 5. The lowest BCUT2D eigenvalue weighted by Crippen LogP contribution is -2.30. The smallest absolute Gasteiger partial charge is 0.127 e. The molecule has 0 aliphatic heterocycles. The molecule has 0 radical (unpaired) electrons. The predicted molar refractivity (Wildman–Crippen MR) is 88.8 cm³/mol. The highest BCUT2D eigenvalue weighted by Crippen LogP contribution is 2.30. The van der Waals surface area contributed by atoms with Crippen LogP contribution in [-0.2, 0) is 6.54 Å². The first-order valence-corrected chi connectivity index (χ1v) is 7.78. The predicted octanol–water partition coefficient (Wildman–Crippen LogP) is 4.37. The van der Waals surface area contributed by atoms with E-state index >= 15 is 0 Å². The Hall–Kier alpha value is -0.940. The van der Waals surface area contributed by atoms with Gasteiger partial charge in [0.1, 0.15) is 5.82 Å². The molecule has 0 amide bonds. The molecule has 0 bridgehead atoms. The zero-order valence-electron chi connectivity index (χ0n) is 11.7. The fourth-order valence-electron chi connectivity index (χ4n) is 2.32. The van der Waals surface area contributed by atoms with E-state index in [0.717, 1.165) is 10.0 Å². The summed E-state index contributed by atoms with van der Waals surface area (Å²) in [6.07, 6.45) is 0. The van der Waals surface area contributed by atoms with Crippen molar-refractivity contribution in [1.29, 1.82) is 0 Å². The number of benzene rings is 2. The third-order valence-corrected chi connectivity index (χ3v) is 4.41. The topological polar surface area (TPSA) is 29.3 Å². The van der Waals surface area contributed by atoms with E-state index in [1.807, 2.05) is 36.2 Å². The van der Waals surface area contributed by atoms with Gasteiger partial charge in [0.25, 0.3) is 0 Å². The Kier molecular flexibility index (Phi) is 5.76. The van der Waals surface area contributed by atoms with Gasteiger partial charge in [-0.15, -0.1) is 0 Å². The maximum Gasteiger partial charge on any atom is 0.127 e. The molecule has 2 rings (SSSR count). The van der Waals surface area contributed by atoms with Gasteiger partial charge >= 0.3 is 0 Å². The minimum absolute atomic E-state index is 0.0438. The van der Waals surface area contributed by atoms with E-state index in [1.54, 1.807) is 12.1 Å². The van der Waals surface area contributed by atoms with Crippen LogP contribution in [0.1, 0.15) is 17.2 Å². The van der Waals surface area contributed by atoms with Gasteiger partial charge in [0.15, 0.2) is 0 Å². The summed E-state index contributed by atoms with van der Waals surface area (Å²) >= 11 is 9.59. The average molecular weight is 372 g/mol. The minimum Gasteiger partial charge on any atom is -0.329 e. The molecule has 1 unspecified atom stereocenters. The SMILES string of the molecule is CN(Cc1ccccc1F)C(CN)c1cc(Cl)ccc1Br. The maximum absolute atomic E-state index is 13.8. The first-order chi connectivity index (χ1) is 10.0. The Morgan fingerprint density at radius 1 is 1.29 bits per heavy atom. The summed E-state index contributed by atoms with van der Waals surface area (Å²) in [4.78, 5) is 2.02. The molecule has 0 saturated carbocycles. The molecule has 2 aromatic carbocycles. The van der Waals surface area contributed by atoms with E-state index in [2.05, 4.69) is 15.9 Å². The second-order valence-electron chi connectivity index (χ2n) is 4.92. The summed E-state index contributed by atoms with van der Waals surface area (Å²) < 4.78 is 14.7. The molecule has 0 aromatic heterocycles. The Balaban J connectivity index is 2.25. The van der Waals surface area contributed by atoms with Crippen LogP contribution in [0.15, 0.2) is 46.9 Å². The molecule has 0 saturated heterocycles. The van der Waals surface area contributed by atoms with Crippen molar-refractivity contribution in [3.8, 4) is 0 Å². The quantitative estimate of drug-likeness (QED) is 0.845. The summed E-state index contributed by atoms with van der Waals surface area (Å²) in [5, 5.41) is 0.658. The molecule has 2 N–H and O–H groups in total. The van der Waals surface area contributed by atoms with Gasteiger partial charge in [0.2, 0.25) is 0 Å². The highest BCUT2D eigenvalue weighted by molar-refractivity contribution is 9.10. The van der Waals surface area contributed by atoms with E-state index in [1.165, 1.54) is 6.07 Å². The summed E-state index contributed by atoms with van der Waals surface area (Å²) in [5.74, 6) is -0.203. The molecule has 112 valence electrons. The fraction of sp³-hybridized carbons (Fsp3) is 0.250. The summed E-state index contributed by atoms with van der Waals surface area (Å²) in [6, 6.07) is 12.3. The second kappa shape index (κ2) is 7.36. The fourth-order valence-corrected chi connectivity index (χ4v) is 3.01. The van der Waals surface area contributed by atoms with Crippen molar-refractivity contribution in [1.82, 2.24) is 4.90 Å². The third-order valence-electron chi connectivity index (χ3n) is 3.45. The molecule has 0 fully saturated rings. The van der Waals surface area contributed by atoms with Gasteiger partial charge in [-0.05, 0) is 36.9 Å². The van der Waals surface area contributed by atoms with Crippen LogP contribution in [0.2, 0.25) is 5.02 Å². The van der Waals surface area contributed by atoms with Gasteiger partial charge in [-0.25, -0.2) is 4.39 Å². The van der Waals surface area contributed by atoms with Crippen molar-refractivity contribution in [2.24, 2.45) is 5.73 Å². The zero-order chi connectivity index (χ0) is 15.4. The molecule has 5 heteroatoms. The molecule has 0 spiro atoms. The van der Waals surface area contributed by atoms with Crippen molar-refractivity contribution in [2.75, 3.05) is 13.6 Å². The molecule has 2 aromatic rings. The second-order valence-corrected chi connectivity index (χ2v) is 6.21. The number of nitrogens with two attached hydrogens (primary N) is 1. The van der Waals surface area contributed by atoms with Crippen LogP contribution in [-0.4, -0.2) is 18.5 Å². The Morgan fingerprint density at radius 3 is 2.67 bits per heavy atom. The van der Waals surface area contributed by atoms with Gasteiger partial charge < -0.3 is 5.73 Å². The van der Waals surface area contributed by atoms with Crippen LogP contribution in [0.5, 0.6) is 0 Å². The maximum atomic E-state index is 13.8. The lowest BCUT2D eigenvalue weighted by atomic mass is 10.0. The van der Waals surface area contributed by atoms with E-state index in [-0.39, 0.29) is 11.9 Å². The van der Waals surface area contributed by atoms with Gasteiger partial charge in [-0.3, -0.25) is 4.90 Å². The molecule has 0 aliphatic rings. The van der Waals surface area contributed by atoms with Crippen molar-refractivity contribution in [3.63, 3.8) is 0 Å². The van der Waals surface area contributed by atoms with Gasteiger partial charge in [0.05, 0.1) is 0 Å². The number of hydrogen-bond donors (Lipinski definition) is 1. The highest BCUT2D eigenvalue weighted by Gasteiger charge is 2.19. The molecule has 0 aliphatic carbocycles. The molecular formula is C16H17BrClFN2. The third kappa shape index (κ3) is 4.04. The number of likely N-dealkylation sites (N-methyl/N-ethyl adjacent to an activating group) is 1. The molecular weight excluding hydrogens is 355 g/mol. The summed E-state index contributed by atoms with van der Waals surface area (Å²) in [5.41, 5.74) is 7.57. The summed E-state index contributed by atoms with van der Waals surface area (Å²) in [6.45, 7) is 0.900. The van der Waals surface area contributed by atoms with Gasteiger partial charge in [-0.2, -0.15) is 0 Å². The Bertz CT molecular complexity index is 621. The largest absolute Gasteiger partial charge is 0.329 e. The molecule has 2 nitrogen and oxygen atoms in total. The Morgan fingerprint density at radius 2 is 2.00 bits per heavy atom. The first-order valence-electron chi connectivity index (χ1n) is 6.61. The number of hydrogen-bond acceptors (Lipinski definition) is 2. The van der Waals surface area contributed by atoms with Crippen LogP contribution in [0.25, 0.3) is 0 Å². The standard InChI is InChI=1S/C16H17BrClFN2/c1-21(10-11-4-2-3-5-15(11)19)16(9-20)13-8-12(18)6-7-14(13)17/h2-8,16H,9-10,20H2,1H3. The van der Waals surface area contributed by atoms with Crippen LogP contribution in [0.4, 0.5) is 4.39 Å². The summed E-state index contributed by atoms with van der Waals surface area (Å²) in [7, 11) is 1.93. The van der Waals surface area contributed by atoms with Crippen LogP contribution in [0, 0.1) is 5.82 Å². The number of nitrogens with zero attached hydrogens (tertiary/aromatic N) is 1. The van der Waals surface area contributed by atoms with Crippen molar-refractivity contribution >= 4 is 27.5 Å². The van der Waals surface area contributed by atoms with E-state index < -0.39 is 0 Å². The van der Waals surface area contributed by atoms with Crippen LogP contribution < -0.4 is 5.73 Å². The molecule has 0 heterocycles. The lowest BCUT2D eigenvalue weighted by molar-refractivity contribution is 0.238. The van der Waals surface area contributed by atoms with E-state index in [4.69, 9.17) is 17.3 Å². The minimum atomic E-state index is -0.203. The Labute approximate surface area is 137 Å². The lowest BCUT2D eigenvalue weighted by Gasteiger charge is -2.28. The zero-order valence-corrected chi connectivity index (χ0v) is 14.0. The van der Waals surface area contributed by atoms with E-state index in [9.17, 15) is 4.39 Å². The van der Waals surface area contributed by atoms with Crippen molar-refractivity contribution in [2.45, 2.75) is 12.6 Å². The average Bonchev–Trinajstić information content (AvgIpc) is 2.46. The van der Waals surface area contributed by atoms with Gasteiger partial charge in [-0.1, -0.05) is 45.7 Å². The van der Waals surface area contributed by atoms with Crippen LogP contribution >= 0.6 is 27.5 Å². The highest BCUT2D eigenvalue weighted by atomic mass is 79.9. The van der Waals surface area contributed by atoms with E-state index in [0.29, 0.717) is 23.7 Å². The number of halogens is 3.